The lowest BCUT2D eigenvalue weighted by Crippen LogP contribution is -2.56. The van der Waals surface area contributed by atoms with Crippen molar-refractivity contribution in [2.45, 2.75) is 50.3 Å². The maximum Gasteiger partial charge on any atom is 0.251 e. The molecule has 2 aliphatic rings. The number of benzene rings is 1. The van der Waals surface area contributed by atoms with Gasteiger partial charge in [0.2, 0.25) is 5.91 Å². The maximum atomic E-state index is 13.1. The first kappa shape index (κ1) is 19.8. The molecule has 1 aromatic carbocycles. The van der Waals surface area contributed by atoms with E-state index < -0.39 is 12.1 Å². The summed E-state index contributed by atoms with van der Waals surface area (Å²) in [6, 6.07) is 7.45. The fourth-order valence-corrected chi connectivity index (χ4v) is 4.39. The Morgan fingerprint density at radius 2 is 1.96 bits per heavy atom. The van der Waals surface area contributed by atoms with E-state index in [0.717, 1.165) is 24.0 Å². The van der Waals surface area contributed by atoms with Crippen LogP contribution < -0.4 is 5.32 Å². The lowest BCUT2D eigenvalue weighted by molar-refractivity contribution is -0.162. The smallest absolute Gasteiger partial charge is 0.251 e. The van der Waals surface area contributed by atoms with Crippen LogP contribution in [0, 0.1) is 6.92 Å². The molecular formula is C21H31N3O3. The van der Waals surface area contributed by atoms with Crippen LogP contribution in [-0.4, -0.2) is 67.6 Å². The first-order chi connectivity index (χ1) is 12.9. The summed E-state index contributed by atoms with van der Waals surface area (Å²) in [7, 11) is 5.91. The van der Waals surface area contributed by atoms with Gasteiger partial charge in [0.25, 0.3) is 5.91 Å². The van der Waals surface area contributed by atoms with Crippen LogP contribution in [0.5, 0.6) is 0 Å². The molecule has 0 aromatic heterocycles. The highest BCUT2D eigenvalue weighted by Crippen LogP contribution is 2.34. The Kier molecular flexibility index (Phi) is 5.86. The summed E-state index contributed by atoms with van der Waals surface area (Å²) in [6.07, 6.45) is 3.86. The number of carbonyl (C=O) groups excluding carboxylic acids is 2. The summed E-state index contributed by atoms with van der Waals surface area (Å²) in [5.41, 5.74) is 2.02. The van der Waals surface area contributed by atoms with E-state index in [0.29, 0.717) is 6.54 Å². The van der Waals surface area contributed by atoms with Crippen LogP contribution in [0.15, 0.2) is 24.3 Å². The Morgan fingerprint density at radius 1 is 1.30 bits per heavy atom. The van der Waals surface area contributed by atoms with Gasteiger partial charge in [-0.25, -0.2) is 0 Å². The van der Waals surface area contributed by atoms with Crippen LogP contribution in [0.4, 0.5) is 0 Å². The van der Waals surface area contributed by atoms with E-state index in [-0.39, 0.29) is 24.0 Å². The maximum absolute atomic E-state index is 13.1. The second-order valence-electron chi connectivity index (χ2n) is 8.08. The highest BCUT2D eigenvalue weighted by molar-refractivity contribution is 5.86. The number of nitrogens with one attached hydrogen (secondary N) is 1. The van der Waals surface area contributed by atoms with Crippen molar-refractivity contribution in [2.24, 2.45) is 0 Å². The Labute approximate surface area is 161 Å². The number of nitrogens with zero attached hydrogens (tertiary/aromatic N) is 2. The topological polar surface area (TPSA) is 61.9 Å². The zero-order valence-electron chi connectivity index (χ0n) is 16.8. The number of hydrogen-bond acceptors (Lipinski definition) is 4. The van der Waals surface area contributed by atoms with Gasteiger partial charge in [-0.3, -0.25) is 9.59 Å². The predicted octanol–water partition coefficient (Wildman–Crippen LogP) is 1.88. The minimum absolute atomic E-state index is 0.0181. The molecule has 1 aliphatic carbocycles. The molecule has 27 heavy (non-hydrogen) atoms. The van der Waals surface area contributed by atoms with E-state index in [9.17, 15) is 9.59 Å². The van der Waals surface area contributed by atoms with Gasteiger partial charge in [-0.15, -0.1) is 0 Å². The van der Waals surface area contributed by atoms with Crippen molar-refractivity contribution >= 4 is 11.8 Å². The van der Waals surface area contributed by atoms with E-state index in [4.69, 9.17) is 4.74 Å². The monoisotopic (exact) mass is 373 g/mol. The van der Waals surface area contributed by atoms with Crippen LogP contribution in [0.25, 0.3) is 0 Å². The molecule has 6 heteroatoms. The molecule has 1 N–H and O–H groups in total. The van der Waals surface area contributed by atoms with Crippen molar-refractivity contribution in [1.29, 1.82) is 0 Å². The van der Waals surface area contributed by atoms with Gasteiger partial charge in [-0.2, -0.15) is 0 Å². The number of rotatable bonds is 5. The quantitative estimate of drug-likeness (QED) is 0.856. The number of hydrogen-bond donors (Lipinski definition) is 1. The molecule has 3 rings (SSSR count). The summed E-state index contributed by atoms with van der Waals surface area (Å²) in [6.45, 7) is 2.55. The highest BCUT2D eigenvalue weighted by atomic mass is 16.5. The minimum atomic E-state index is -0.700. The van der Waals surface area contributed by atoms with Gasteiger partial charge >= 0.3 is 0 Å². The molecule has 0 radical (unpaired) electrons. The summed E-state index contributed by atoms with van der Waals surface area (Å²) >= 11 is 0. The molecule has 2 atom stereocenters. The van der Waals surface area contributed by atoms with Gasteiger partial charge in [0.05, 0.1) is 6.04 Å². The van der Waals surface area contributed by atoms with Crippen molar-refractivity contribution in [3.05, 3.63) is 35.4 Å². The highest BCUT2D eigenvalue weighted by Gasteiger charge is 2.42. The summed E-state index contributed by atoms with van der Waals surface area (Å²) in [5, 5.41) is 3.13. The fourth-order valence-electron chi connectivity index (χ4n) is 4.39. The zero-order valence-corrected chi connectivity index (χ0v) is 16.8. The number of amides is 2. The Morgan fingerprint density at radius 3 is 2.59 bits per heavy atom. The third-order valence-electron chi connectivity index (χ3n) is 6.32. The Bertz CT molecular complexity index is 698. The molecule has 2 amide bonds. The predicted molar refractivity (Wildman–Crippen MR) is 104 cm³/mol. The van der Waals surface area contributed by atoms with Crippen LogP contribution in [0.2, 0.25) is 0 Å². The SMILES string of the molecule is Cc1ccccc1[C@@H]1[C@@H](C(=O)NCC2(N(C)C)CCCC2)OCC(=O)N1C. The van der Waals surface area contributed by atoms with E-state index in [1.807, 2.05) is 31.2 Å². The zero-order chi connectivity index (χ0) is 19.6. The molecule has 0 bridgehead atoms. The number of morpholine rings is 1. The molecule has 0 spiro atoms. The standard InChI is InChI=1S/C21H31N3O3/c1-15-9-5-6-10-16(15)18-19(27-13-17(25)24(18)4)20(26)22-14-21(23(2)3)11-7-8-12-21/h5-6,9-10,18-19H,7-8,11-14H2,1-4H3,(H,22,26)/t18-,19+/m1/s1. The molecule has 1 saturated heterocycles. The number of aryl methyl sites for hydroxylation is 1. The van der Waals surface area contributed by atoms with Gasteiger partial charge in [-0.1, -0.05) is 37.1 Å². The molecule has 1 aromatic rings. The largest absolute Gasteiger partial charge is 0.356 e. The van der Waals surface area contributed by atoms with E-state index >= 15 is 0 Å². The summed E-state index contributed by atoms with van der Waals surface area (Å²) < 4.78 is 5.74. The molecule has 0 unspecified atom stereocenters. The van der Waals surface area contributed by atoms with Gasteiger partial charge in [0.1, 0.15) is 6.61 Å². The Balaban J connectivity index is 1.79. The number of ether oxygens (including phenoxy) is 1. The first-order valence-corrected chi connectivity index (χ1v) is 9.74. The van der Waals surface area contributed by atoms with Gasteiger partial charge in [-0.05, 0) is 45.0 Å². The van der Waals surface area contributed by atoms with Crippen molar-refractivity contribution in [3.63, 3.8) is 0 Å². The normalized spacial score (nSPS) is 25.1. The molecule has 2 fully saturated rings. The molecule has 1 aliphatic heterocycles. The third kappa shape index (κ3) is 3.87. The second-order valence-corrected chi connectivity index (χ2v) is 8.08. The fraction of sp³-hybridized carbons (Fsp3) is 0.619. The van der Waals surface area contributed by atoms with Crippen LogP contribution in [-0.2, 0) is 14.3 Å². The molecule has 6 nitrogen and oxygen atoms in total. The second kappa shape index (κ2) is 7.98. The van der Waals surface area contributed by atoms with Gasteiger partial charge in [0, 0.05) is 19.1 Å². The molecule has 1 saturated carbocycles. The Hall–Kier alpha value is -1.92. The van der Waals surface area contributed by atoms with E-state index in [1.165, 1.54) is 12.8 Å². The van der Waals surface area contributed by atoms with Gasteiger partial charge < -0.3 is 19.9 Å². The minimum Gasteiger partial charge on any atom is -0.356 e. The van der Waals surface area contributed by atoms with Crippen LogP contribution in [0.3, 0.4) is 0 Å². The van der Waals surface area contributed by atoms with Crippen molar-refractivity contribution in [2.75, 3.05) is 34.3 Å². The van der Waals surface area contributed by atoms with E-state index in [1.54, 1.807) is 11.9 Å². The average Bonchev–Trinajstić information content (AvgIpc) is 3.13. The molecular weight excluding hydrogens is 342 g/mol. The van der Waals surface area contributed by atoms with Gasteiger partial charge in [0.15, 0.2) is 6.10 Å². The lowest BCUT2D eigenvalue weighted by Gasteiger charge is -2.40. The molecule has 1 heterocycles. The molecule has 148 valence electrons. The van der Waals surface area contributed by atoms with Crippen LogP contribution >= 0.6 is 0 Å². The number of carbonyl (C=O) groups is 2. The van der Waals surface area contributed by atoms with E-state index in [2.05, 4.69) is 24.3 Å². The number of likely N-dealkylation sites (N-methyl/N-ethyl adjacent to an activating group) is 2. The lowest BCUT2D eigenvalue weighted by atomic mass is 9.93. The summed E-state index contributed by atoms with van der Waals surface area (Å²) in [5.74, 6) is -0.247. The average molecular weight is 373 g/mol. The van der Waals surface area contributed by atoms with Crippen molar-refractivity contribution in [1.82, 2.24) is 15.1 Å². The van der Waals surface area contributed by atoms with Crippen molar-refractivity contribution < 1.29 is 14.3 Å². The third-order valence-corrected chi connectivity index (χ3v) is 6.32. The first-order valence-electron chi connectivity index (χ1n) is 9.74. The summed E-state index contributed by atoms with van der Waals surface area (Å²) in [4.78, 5) is 29.2. The van der Waals surface area contributed by atoms with Crippen LogP contribution in [0.1, 0.15) is 42.9 Å². The van der Waals surface area contributed by atoms with Crippen molar-refractivity contribution in [3.8, 4) is 0 Å².